The third-order valence-corrected chi connectivity index (χ3v) is 3.63. The third kappa shape index (κ3) is 3.93. The first-order valence-corrected chi connectivity index (χ1v) is 6.73. The zero-order valence-corrected chi connectivity index (χ0v) is 11.7. The molecule has 1 saturated heterocycles. The number of alkyl halides is 3. The molecule has 21 heavy (non-hydrogen) atoms. The van der Waals surface area contributed by atoms with E-state index in [4.69, 9.17) is 0 Å². The SMILES string of the molecule is COC(=O)c1ncccc1CN1CCCC(C(F)(F)F)C1. The molecular formula is C14H17F3N2O2. The predicted molar refractivity (Wildman–Crippen MR) is 69.6 cm³/mol. The second-order valence-electron chi connectivity index (χ2n) is 5.12. The second-order valence-corrected chi connectivity index (χ2v) is 5.12. The number of halogens is 3. The van der Waals surface area contributed by atoms with Gasteiger partial charge in [0.15, 0.2) is 5.69 Å². The molecule has 7 heteroatoms. The van der Waals surface area contributed by atoms with Crippen molar-refractivity contribution in [3.05, 3.63) is 29.6 Å². The van der Waals surface area contributed by atoms with Gasteiger partial charge in [-0.15, -0.1) is 0 Å². The van der Waals surface area contributed by atoms with Crippen molar-refractivity contribution in [2.24, 2.45) is 5.92 Å². The molecule has 0 N–H and O–H groups in total. The molecule has 1 fully saturated rings. The van der Waals surface area contributed by atoms with E-state index in [2.05, 4.69) is 9.72 Å². The van der Waals surface area contributed by atoms with Crippen molar-refractivity contribution in [1.82, 2.24) is 9.88 Å². The Morgan fingerprint density at radius 3 is 2.95 bits per heavy atom. The van der Waals surface area contributed by atoms with Gasteiger partial charge in [-0.1, -0.05) is 6.07 Å². The summed E-state index contributed by atoms with van der Waals surface area (Å²) in [6.07, 6.45) is -2.04. The molecule has 0 aromatic carbocycles. The summed E-state index contributed by atoms with van der Waals surface area (Å²) in [7, 11) is 1.25. The van der Waals surface area contributed by atoms with Crippen molar-refractivity contribution in [3.8, 4) is 0 Å². The number of piperidine rings is 1. The molecule has 2 heterocycles. The lowest BCUT2D eigenvalue weighted by molar-refractivity contribution is -0.187. The molecule has 2 rings (SSSR count). The molecule has 1 aliphatic heterocycles. The van der Waals surface area contributed by atoms with Crippen LogP contribution in [0.2, 0.25) is 0 Å². The van der Waals surface area contributed by atoms with Gasteiger partial charge in [-0.3, -0.25) is 4.90 Å². The molecule has 1 atom stereocenters. The first kappa shape index (κ1) is 15.8. The lowest BCUT2D eigenvalue weighted by Gasteiger charge is -2.33. The Morgan fingerprint density at radius 2 is 2.29 bits per heavy atom. The fraction of sp³-hybridized carbons (Fsp3) is 0.571. The number of likely N-dealkylation sites (tertiary alicyclic amines) is 1. The van der Waals surface area contributed by atoms with Crippen molar-refractivity contribution in [2.75, 3.05) is 20.2 Å². The maximum atomic E-state index is 12.8. The van der Waals surface area contributed by atoms with E-state index >= 15 is 0 Å². The quantitative estimate of drug-likeness (QED) is 0.805. The average molecular weight is 302 g/mol. The van der Waals surface area contributed by atoms with Crippen molar-refractivity contribution in [1.29, 1.82) is 0 Å². The summed E-state index contributed by atoms with van der Waals surface area (Å²) in [5, 5.41) is 0. The first-order valence-electron chi connectivity index (χ1n) is 6.73. The number of methoxy groups -OCH3 is 1. The number of hydrogen-bond donors (Lipinski definition) is 0. The Bertz CT molecular complexity index is 505. The number of hydrogen-bond acceptors (Lipinski definition) is 4. The van der Waals surface area contributed by atoms with E-state index in [0.717, 1.165) is 0 Å². The van der Waals surface area contributed by atoms with Gasteiger partial charge in [-0.2, -0.15) is 13.2 Å². The molecule has 1 aromatic rings. The van der Waals surface area contributed by atoms with Crippen LogP contribution in [0, 0.1) is 5.92 Å². The summed E-state index contributed by atoms with van der Waals surface area (Å²) in [5.74, 6) is -1.88. The van der Waals surface area contributed by atoms with Crippen molar-refractivity contribution >= 4 is 5.97 Å². The Balaban J connectivity index is 2.10. The van der Waals surface area contributed by atoms with E-state index in [9.17, 15) is 18.0 Å². The minimum absolute atomic E-state index is 0.0427. The molecule has 0 radical (unpaired) electrons. The molecule has 0 aliphatic carbocycles. The maximum absolute atomic E-state index is 12.8. The first-order chi connectivity index (χ1) is 9.91. The van der Waals surface area contributed by atoms with Gasteiger partial charge < -0.3 is 4.74 Å². The topological polar surface area (TPSA) is 42.4 Å². The van der Waals surface area contributed by atoms with Crippen LogP contribution in [0.25, 0.3) is 0 Å². The smallest absolute Gasteiger partial charge is 0.393 e. The van der Waals surface area contributed by atoms with Crippen LogP contribution >= 0.6 is 0 Å². The number of ether oxygens (including phenoxy) is 1. The van der Waals surface area contributed by atoms with Gasteiger partial charge in [-0.05, 0) is 31.0 Å². The maximum Gasteiger partial charge on any atom is 0.393 e. The van der Waals surface area contributed by atoms with Crippen LogP contribution in [0.1, 0.15) is 28.9 Å². The van der Waals surface area contributed by atoms with Gasteiger partial charge in [0.2, 0.25) is 0 Å². The highest BCUT2D eigenvalue weighted by Crippen LogP contribution is 2.33. The van der Waals surface area contributed by atoms with E-state index in [1.54, 1.807) is 17.0 Å². The van der Waals surface area contributed by atoms with Crippen molar-refractivity contribution in [2.45, 2.75) is 25.6 Å². The summed E-state index contributed by atoms with van der Waals surface area (Å²) in [5.41, 5.74) is 0.751. The van der Waals surface area contributed by atoms with Gasteiger partial charge in [0.25, 0.3) is 0 Å². The monoisotopic (exact) mass is 302 g/mol. The van der Waals surface area contributed by atoms with Crippen molar-refractivity contribution < 1.29 is 22.7 Å². The van der Waals surface area contributed by atoms with E-state index in [1.807, 2.05) is 0 Å². The largest absolute Gasteiger partial charge is 0.464 e. The Hall–Kier alpha value is -1.63. The third-order valence-electron chi connectivity index (χ3n) is 3.63. The van der Waals surface area contributed by atoms with Crippen LogP contribution in [0.3, 0.4) is 0 Å². The molecule has 1 aromatic heterocycles. The Kier molecular flexibility index (Phi) is 4.82. The predicted octanol–water partition coefficient (Wildman–Crippen LogP) is 2.64. The Labute approximate surface area is 120 Å². The number of pyridine rings is 1. The standard InChI is InChI=1S/C14H17F3N2O2/c1-21-13(20)12-10(4-2-6-18-12)8-19-7-3-5-11(9-19)14(15,16)17/h2,4,6,11H,3,5,7-9H2,1H3. The van der Waals surface area contributed by atoms with E-state index in [1.165, 1.54) is 13.3 Å². The van der Waals surface area contributed by atoms with Crippen LogP contribution in [-0.4, -0.2) is 42.2 Å². The highest BCUT2D eigenvalue weighted by Gasteiger charge is 2.41. The summed E-state index contributed by atoms with van der Waals surface area (Å²) in [6.45, 7) is 0.811. The normalized spacial score (nSPS) is 20.3. The molecule has 0 spiro atoms. The lowest BCUT2D eigenvalue weighted by Crippen LogP contribution is -2.41. The number of rotatable bonds is 3. The zero-order valence-electron chi connectivity index (χ0n) is 11.7. The fourth-order valence-electron chi connectivity index (χ4n) is 2.55. The number of nitrogens with zero attached hydrogens (tertiary/aromatic N) is 2. The highest BCUT2D eigenvalue weighted by molar-refractivity contribution is 5.88. The van der Waals surface area contributed by atoms with Gasteiger partial charge >= 0.3 is 12.1 Å². The summed E-state index contributed by atoms with van der Waals surface area (Å²) in [6, 6.07) is 3.35. The molecule has 0 bridgehead atoms. The number of esters is 1. The second kappa shape index (κ2) is 6.43. The van der Waals surface area contributed by atoms with Crippen LogP contribution in [-0.2, 0) is 11.3 Å². The molecule has 116 valence electrons. The Morgan fingerprint density at radius 1 is 1.52 bits per heavy atom. The van der Waals surface area contributed by atoms with E-state index in [0.29, 0.717) is 18.5 Å². The lowest BCUT2D eigenvalue weighted by atomic mass is 9.97. The minimum Gasteiger partial charge on any atom is -0.464 e. The van der Waals surface area contributed by atoms with Gasteiger partial charge in [0, 0.05) is 19.3 Å². The number of carbonyl (C=O) groups is 1. The highest BCUT2D eigenvalue weighted by atomic mass is 19.4. The number of aromatic nitrogens is 1. The minimum atomic E-state index is -4.17. The van der Waals surface area contributed by atoms with Gasteiger partial charge in [0.1, 0.15) is 0 Å². The molecular weight excluding hydrogens is 285 g/mol. The van der Waals surface area contributed by atoms with Crippen molar-refractivity contribution in [3.63, 3.8) is 0 Å². The molecule has 0 saturated carbocycles. The van der Waals surface area contributed by atoms with Crippen LogP contribution in [0.15, 0.2) is 18.3 Å². The summed E-state index contributed by atoms with van der Waals surface area (Å²) >= 11 is 0. The average Bonchev–Trinajstić information content (AvgIpc) is 2.46. The van der Waals surface area contributed by atoms with E-state index < -0.39 is 18.1 Å². The van der Waals surface area contributed by atoms with Crippen LogP contribution in [0.4, 0.5) is 13.2 Å². The molecule has 0 amide bonds. The summed E-state index contributed by atoms with van der Waals surface area (Å²) < 4.78 is 43.0. The molecule has 1 aliphatic rings. The van der Waals surface area contributed by atoms with Crippen LogP contribution < -0.4 is 0 Å². The number of carbonyl (C=O) groups excluding carboxylic acids is 1. The molecule has 1 unspecified atom stereocenters. The van der Waals surface area contributed by atoms with E-state index in [-0.39, 0.29) is 25.2 Å². The fourth-order valence-corrected chi connectivity index (χ4v) is 2.55. The van der Waals surface area contributed by atoms with Crippen LogP contribution in [0.5, 0.6) is 0 Å². The zero-order chi connectivity index (χ0) is 15.5. The van der Waals surface area contributed by atoms with Gasteiger partial charge in [0.05, 0.1) is 13.0 Å². The summed E-state index contributed by atoms with van der Waals surface area (Å²) in [4.78, 5) is 17.3. The van der Waals surface area contributed by atoms with Gasteiger partial charge in [-0.25, -0.2) is 9.78 Å². The molecule has 4 nitrogen and oxygen atoms in total.